The third kappa shape index (κ3) is 4.38. The highest BCUT2D eigenvalue weighted by molar-refractivity contribution is 7.98. The highest BCUT2D eigenvalue weighted by Gasteiger charge is 2.26. The van der Waals surface area contributed by atoms with Crippen molar-refractivity contribution in [2.45, 2.75) is 37.2 Å². The number of thioether (sulfide) groups is 1. The fourth-order valence-corrected chi connectivity index (χ4v) is 4.64. The first-order valence-electron chi connectivity index (χ1n) is 10.4. The first-order valence-corrected chi connectivity index (χ1v) is 11.6. The first kappa shape index (κ1) is 20.1. The lowest BCUT2D eigenvalue weighted by Crippen LogP contribution is -2.47. The van der Waals surface area contributed by atoms with Crippen molar-refractivity contribution in [2.24, 2.45) is 0 Å². The molecule has 0 aromatic heterocycles. The van der Waals surface area contributed by atoms with E-state index < -0.39 is 0 Å². The van der Waals surface area contributed by atoms with Crippen LogP contribution in [0.5, 0.6) is 5.75 Å². The summed E-state index contributed by atoms with van der Waals surface area (Å²) in [6.07, 6.45) is 3.92. The molecule has 0 saturated carbocycles. The van der Waals surface area contributed by atoms with Crippen molar-refractivity contribution >= 4 is 23.4 Å². The van der Waals surface area contributed by atoms with Gasteiger partial charge in [-0.1, -0.05) is 31.2 Å². The summed E-state index contributed by atoms with van der Waals surface area (Å²) in [5.74, 6) is 0.620. The zero-order valence-electron chi connectivity index (χ0n) is 17.2. The molecule has 2 heterocycles. The summed E-state index contributed by atoms with van der Waals surface area (Å²) in [4.78, 5) is 16.6. The number of nitrogens with zero attached hydrogens (tertiary/aromatic N) is 1. The average Bonchev–Trinajstić information content (AvgIpc) is 3.01. The molecule has 0 saturated heterocycles. The average molecular weight is 412 g/mol. The highest BCUT2D eigenvalue weighted by atomic mass is 32.2. The highest BCUT2D eigenvalue weighted by Crippen LogP contribution is 2.35. The summed E-state index contributed by atoms with van der Waals surface area (Å²) in [5, 5.41) is 6.59. The smallest absolute Gasteiger partial charge is 0.255 e. The van der Waals surface area contributed by atoms with E-state index >= 15 is 0 Å². The Kier molecular flexibility index (Phi) is 6.31. The molecule has 29 heavy (non-hydrogen) atoms. The number of hydrogen-bond donors (Lipinski definition) is 2. The third-order valence-corrected chi connectivity index (χ3v) is 6.50. The predicted molar refractivity (Wildman–Crippen MR) is 119 cm³/mol. The van der Waals surface area contributed by atoms with Gasteiger partial charge >= 0.3 is 0 Å². The van der Waals surface area contributed by atoms with Gasteiger partial charge in [0.2, 0.25) is 0 Å². The molecule has 1 atom stereocenters. The Morgan fingerprint density at radius 3 is 2.93 bits per heavy atom. The minimum absolute atomic E-state index is 0.0595. The van der Waals surface area contributed by atoms with Crippen molar-refractivity contribution in [1.82, 2.24) is 10.2 Å². The molecule has 2 aliphatic rings. The lowest BCUT2D eigenvalue weighted by molar-refractivity contribution is 0.0923. The zero-order valence-corrected chi connectivity index (χ0v) is 18.0. The molecule has 154 valence electrons. The Morgan fingerprint density at radius 2 is 2.14 bits per heavy atom. The van der Waals surface area contributed by atoms with E-state index in [-0.39, 0.29) is 5.91 Å². The normalized spacial score (nSPS) is 18.6. The molecule has 0 spiro atoms. The van der Waals surface area contributed by atoms with Gasteiger partial charge in [-0.05, 0) is 48.9 Å². The molecule has 2 aliphatic heterocycles. The number of hydrogen-bond acceptors (Lipinski definition) is 5. The van der Waals surface area contributed by atoms with Crippen LogP contribution in [0.25, 0.3) is 0 Å². The number of anilines is 1. The summed E-state index contributed by atoms with van der Waals surface area (Å²) < 4.78 is 5.94. The van der Waals surface area contributed by atoms with Gasteiger partial charge in [0, 0.05) is 30.6 Å². The predicted octanol–water partition coefficient (Wildman–Crippen LogP) is 3.78. The van der Waals surface area contributed by atoms with Gasteiger partial charge in [0.1, 0.15) is 0 Å². The van der Waals surface area contributed by atoms with E-state index in [0.29, 0.717) is 30.5 Å². The second-order valence-corrected chi connectivity index (χ2v) is 8.46. The fraction of sp³-hybridized carbons (Fsp3) is 0.435. The van der Waals surface area contributed by atoms with Gasteiger partial charge in [-0.3, -0.25) is 9.69 Å². The van der Waals surface area contributed by atoms with Crippen LogP contribution in [0.1, 0.15) is 34.8 Å². The van der Waals surface area contributed by atoms with Crippen LogP contribution in [-0.4, -0.2) is 49.3 Å². The number of amides is 1. The molecular weight excluding hydrogens is 382 g/mol. The molecule has 1 amide bonds. The largest absolute Gasteiger partial charge is 0.491 e. The maximum absolute atomic E-state index is 13.1. The van der Waals surface area contributed by atoms with Crippen LogP contribution >= 0.6 is 11.8 Å². The van der Waals surface area contributed by atoms with Crippen LogP contribution in [0.3, 0.4) is 0 Å². The van der Waals surface area contributed by atoms with Crippen molar-refractivity contribution in [3.8, 4) is 5.75 Å². The van der Waals surface area contributed by atoms with Gasteiger partial charge in [-0.15, -0.1) is 11.8 Å². The summed E-state index contributed by atoms with van der Waals surface area (Å²) >= 11 is 1.64. The Hall–Kier alpha value is -2.18. The SMILES string of the molecule is CCN1Cc2ccccc2C[C@H]1CNC(=O)c1cc(SC)cc2c1OCCCN2. The Balaban J connectivity index is 1.51. The Morgan fingerprint density at radius 1 is 1.31 bits per heavy atom. The van der Waals surface area contributed by atoms with Crippen LogP contribution in [0.15, 0.2) is 41.3 Å². The number of ether oxygens (including phenoxy) is 1. The van der Waals surface area contributed by atoms with Crippen molar-refractivity contribution in [3.05, 3.63) is 53.1 Å². The summed E-state index contributed by atoms with van der Waals surface area (Å²) in [6, 6.07) is 12.9. The summed E-state index contributed by atoms with van der Waals surface area (Å²) in [5.41, 5.74) is 4.33. The van der Waals surface area contributed by atoms with Crippen LogP contribution < -0.4 is 15.4 Å². The number of likely N-dealkylation sites (N-methyl/N-ethyl adjacent to an activating group) is 1. The Bertz CT molecular complexity index is 886. The maximum Gasteiger partial charge on any atom is 0.255 e. The van der Waals surface area contributed by atoms with E-state index in [1.807, 2.05) is 12.3 Å². The number of rotatable bonds is 5. The molecule has 2 N–H and O–H groups in total. The Labute approximate surface area is 177 Å². The second-order valence-electron chi connectivity index (χ2n) is 7.58. The van der Waals surface area contributed by atoms with E-state index in [9.17, 15) is 4.79 Å². The maximum atomic E-state index is 13.1. The quantitative estimate of drug-likeness (QED) is 0.734. The van der Waals surface area contributed by atoms with E-state index in [4.69, 9.17) is 4.74 Å². The molecule has 0 bridgehead atoms. The monoisotopic (exact) mass is 411 g/mol. The van der Waals surface area contributed by atoms with Gasteiger partial charge in [0.15, 0.2) is 5.75 Å². The summed E-state index contributed by atoms with van der Waals surface area (Å²) in [7, 11) is 0. The summed E-state index contributed by atoms with van der Waals surface area (Å²) in [6.45, 7) is 6.22. The minimum Gasteiger partial charge on any atom is -0.491 e. The molecule has 5 nitrogen and oxygen atoms in total. The lowest BCUT2D eigenvalue weighted by atomic mass is 9.94. The lowest BCUT2D eigenvalue weighted by Gasteiger charge is -2.36. The molecule has 4 rings (SSSR count). The molecule has 0 radical (unpaired) electrons. The van der Waals surface area contributed by atoms with Crippen molar-refractivity contribution in [1.29, 1.82) is 0 Å². The van der Waals surface area contributed by atoms with Gasteiger partial charge in [-0.25, -0.2) is 0 Å². The second kappa shape index (κ2) is 9.09. The van der Waals surface area contributed by atoms with Crippen molar-refractivity contribution in [2.75, 3.05) is 37.8 Å². The van der Waals surface area contributed by atoms with E-state index in [0.717, 1.165) is 43.1 Å². The number of fused-ring (bicyclic) bond motifs is 2. The zero-order chi connectivity index (χ0) is 20.2. The van der Waals surface area contributed by atoms with Gasteiger partial charge < -0.3 is 15.4 Å². The first-order chi connectivity index (χ1) is 14.2. The van der Waals surface area contributed by atoms with Crippen LogP contribution in [-0.2, 0) is 13.0 Å². The number of nitrogens with one attached hydrogen (secondary N) is 2. The topological polar surface area (TPSA) is 53.6 Å². The molecule has 2 aromatic carbocycles. The van der Waals surface area contributed by atoms with E-state index in [1.165, 1.54) is 11.1 Å². The molecule has 0 fully saturated rings. The third-order valence-electron chi connectivity index (χ3n) is 5.79. The molecule has 2 aromatic rings. The molecule has 0 unspecified atom stereocenters. The molecular formula is C23H29N3O2S. The van der Waals surface area contributed by atoms with Crippen LogP contribution in [0, 0.1) is 0 Å². The van der Waals surface area contributed by atoms with Crippen LogP contribution in [0.2, 0.25) is 0 Å². The van der Waals surface area contributed by atoms with E-state index in [2.05, 4.69) is 52.8 Å². The van der Waals surface area contributed by atoms with E-state index in [1.54, 1.807) is 11.8 Å². The number of carbonyl (C=O) groups excluding carboxylic acids is 1. The van der Waals surface area contributed by atoms with Crippen LogP contribution in [0.4, 0.5) is 5.69 Å². The minimum atomic E-state index is -0.0595. The number of benzene rings is 2. The number of carbonyl (C=O) groups is 1. The van der Waals surface area contributed by atoms with Gasteiger partial charge in [0.25, 0.3) is 5.91 Å². The van der Waals surface area contributed by atoms with Crippen molar-refractivity contribution in [3.63, 3.8) is 0 Å². The van der Waals surface area contributed by atoms with Crippen molar-refractivity contribution < 1.29 is 9.53 Å². The van der Waals surface area contributed by atoms with Gasteiger partial charge in [0.05, 0.1) is 17.9 Å². The standard InChI is InChI=1S/C23H29N3O2S/c1-3-26-15-17-8-5-4-7-16(17)11-18(26)14-25-23(27)20-12-19(29-2)13-21-22(20)28-10-6-9-24-21/h4-5,7-8,12-13,18,24H,3,6,9-11,14-15H2,1-2H3,(H,25,27)/t18-/m0/s1. The fourth-order valence-electron chi connectivity index (χ4n) is 4.16. The molecule has 0 aliphatic carbocycles. The van der Waals surface area contributed by atoms with Gasteiger partial charge in [-0.2, -0.15) is 0 Å². The molecule has 6 heteroatoms.